The molecule has 0 saturated carbocycles. The molecule has 0 aliphatic carbocycles. The second-order valence-electron chi connectivity index (χ2n) is 4.33. The Balaban J connectivity index is 2.28. The van der Waals surface area contributed by atoms with E-state index in [9.17, 15) is 4.79 Å². The first-order valence-corrected chi connectivity index (χ1v) is 7.75. The summed E-state index contributed by atoms with van der Waals surface area (Å²) in [6, 6.07) is 0. The van der Waals surface area contributed by atoms with E-state index in [-0.39, 0.29) is 18.5 Å². The third kappa shape index (κ3) is 3.64. The number of aromatic nitrogens is 2. The standard InChI is InChI=1S/C13H16ClN3O4S/c1-7-8-10(15-3-5-21-6-4-18)16-13(14)17-11(8)22-9(7)12(19)20-2/h18H,3-6H2,1-2H3,(H,15,16,17). The van der Waals surface area contributed by atoms with Crippen molar-refractivity contribution in [3.8, 4) is 0 Å². The number of anilines is 1. The van der Waals surface area contributed by atoms with Crippen LogP contribution in [0.3, 0.4) is 0 Å². The first-order chi connectivity index (χ1) is 10.6. The maximum atomic E-state index is 11.8. The van der Waals surface area contributed by atoms with Crippen molar-refractivity contribution in [2.75, 3.05) is 38.8 Å². The molecule has 9 heteroatoms. The maximum Gasteiger partial charge on any atom is 0.348 e. The number of rotatable bonds is 7. The second kappa shape index (κ2) is 7.68. The highest BCUT2D eigenvalue weighted by atomic mass is 35.5. The van der Waals surface area contributed by atoms with E-state index < -0.39 is 5.97 Å². The Bertz CT molecular complexity index is 677. The number of carbonyl (C=O) groups is 1. The molecule has 0 amide bonds. The molecule has 7 nitrogen and oxygen atoms in total. The zero-order valence-corrected chi connectivity index (χ0v) is 13.8. The van der Waals surface area contributed by atoms with Crippen LogP contribution in [0.2, 0.25) is 5.28 Å². The lowest BCUT2D eigenvalue weighted by Crippen LogP contribution is -2.12. The second-order valence-corrected chi connectivity index (χ2v) is 5.67. The van der Waals surface area contributed by atoms with Gasteiger partial charge >= 0.3 is 5.97 Å². The lowest BCUT2D eigenvalue weighted by molar-refractivity contribution is 0.0605. The topological polar surface area (TPSA) is 93.6 Å². The number of fused-ring (bicyclic) bond motifs is 1. The highest BCUT2D eigenvalue weighted by Crippen LogP contribution is 2.34. The number of esters is 1. The lowest BCUT2D eigenvalue weighted by Gasteiger charge is -2.08. The summed E-state index contributed by atoms with van der Waals surface area (Å²) >= 11 is 7.14. The Morgan fingerprint density at radius 2 is 2.18 bits per heavy atom. The molecule has 22 heavy (non-hydrogen) atoms. The van der Waals surface area contributed by atoms with Gasteiger partial charge in [0, 0.05) is 6.54 Å². The van der Waals surface area contributed by atoms with Gasteiger partial charge in [-0.3, -0.25) is 0 Å². The van der Waals surface area contributed by atoms with Crippen molar-refractivity contribution in [2.24, 2.45) is 0 Å². The highest BCUT2D eigenvalue weighted by molar-refractivity contribution is 7.20. The molecular formula is C13H16ClN3O4S. The van der Waals surface area contributed by atoms with Crippen LogP contribution < -0.4 is 5.32 Å². The molecule has 0 aliphatic rings. The van der Waals surface area contributed by atoms with E-state index in [1.807, 2.05) is 6.92 Å². The molecule has 120 valence electrons. The van der Waals surface area contributed by atoms with Crippen molar-refractivity contribution in [3.63, 3.8) is 0 Å². The molecule has 0 atom stereocenters. The molecule has 0 unspecified atom stereocenters. The number of nitrogens with zero attached hydrogens (tertiary/aromatic N) is 2. The molecule has 0 saturated heterocycles. The molecule has 0 radical (unpaired) electrons. The Kier molecular flexibility index (Phi) is 5.90. The molecule has 2 aromatic heterocycles. The van der Waals surface area contributed by atoms with Crippen LogP contribution in [0.5, 0.6) is 0 Å². The number of thiophene rings is 1. The van der Waals surface area contributed by atoms with Crippen LogP contribution in [0.1, 0.15) is 15.2 Å². The molecule has 0 bridgehead atoms. The van der Waals surface area contributed by atoms with Gasteiger partial charge in [-0.1, -0.05) is 0 Å². The summed E-state index contributed by atoms with van der Waals surface area (Å²) in [6.45, 7) is 2.99. The molecule has 2 rings (SSSR count). The van der Waals surface area contributed by atoms with E-state index in [0.717, 1.165) is 10.9 Å². The predicted molar refractivity (Wildman–Crippen MR) is 84.9 cm³/mol. The SMILES string of the molecule is COC(=O)c1sc2nc(Cl)nc(NCCOCCO)c2c1C. The number of aliphatic hydroxyl groups excluding tert-OH is 1. The fourth-order valence-corrected chi connectivity index (χ4v) is 3.25. The zero-order chi connectivity index (χ0) is 16.1. The van der Waals surface area contributed by atoms with Gasteiger partial charge < -0.3 is 19.9 Å². The Morgan fingerprint density at radius 1 is 1.41 bits per heavy atom. The van der Waals surface area contributed by atoms with Gasteiger partial charge in [0.05, 0.1) is 32.3 Å². The number of aryl methyl sites for hydroxylation is 1. The van der Waals surface area contributed by atoms with Crippen LogP contribution in [0, 0.1) is 6.92 Å². The van der Waals surface area contributed by atoms with Gasteiger partial charge in [0.1, 0.15) is 15.5 Å². The van der Waals surface area contributed by atoms with Gasteiger partial charge in [-0.2, -0.15) is 0 Å². The van der Waals surface area contributed by atoms with Crippen molar-refractivity contribution in [1.82, 2.24) is 9.97 Å². The van der Waals surface area contributed by atoms with E-state index >= 15 is 0 Å². The number of nitrogens with one attached hydrogen (secondary N) is 1. The summed E-state index contributed by atoms with van der Waals surface area (Å²) in [5.74, 6) is 0.139. The monoisotopic (exact) mass is 345 g/mol. The van der Waals surface area contributed by atoms with Crippen LogP contribution in [0.4, 0.5) is 5.82 Å². The van der Waals surface area contributed by atoms with E-state index in [4.69, 9.17) is 26.2 Å². The van der Waals surface area contributed by atoms with Crippen LogP contribution in [-0.2, 0) is 9.47 Å². The van der Waals surface area contributed by atoms with Gasteiger partial charge in [-0.05, 0) is 24.1 Å². The van der Waals surface area contributed by atoms with E-state index in [1.54, 1.807) is 0 Å². The minimum Gasteiger partial charge on any atom is -0.465 e. The van der Waals surface area contributed by atoms with Crippen LogP contribution in [-0.4, -0.2) is 54.5 Å². The van der Waals surface area contributed by atoms with Crippen LogP contribution in [0.15, 0.2) is 0 Å². The first kappa shape index (κ1) is 16.9. The minimum absolute atomic E-state index is 0.0181. The fraction of sp³-hybridized carbons (Fsp3) is 0.462. The number of aliphatic hydroxyl groups is 1. The fourth-order valence-electron chi connectivity index (χ4n) is 1.94. The molecule has 2 heterocycles. The number of ether oxygens (including phenoxy) is 2. The Hall–Kier alpha value is -1.48. The third-order valence-electron chi connectivity index (χ3n) is 2.91. The number of carbonyl (C=O) groups excluding carboxylic acids is 1. The normalized spacial score (nSPS) is 10.9. The number of hydrogen-bond acceptors (Lipinski definition) is 8. The van der Waals surface area contributed by atoms with E-state index in [2.05, 4.69) is 15.3 Å². The zero-order valence-electron chi connectivity index (χ0n) is 12.2. The van der Waals surface area contributed by atoms with Crippen LogP contribution >= 0.6 is 22.9 Å². The molecule has 2 N–H and O–H groups in total. The molecular weight excluding hydrogens is 330 g/mol. The third-order valence-corrected chi connectivity index (χ3v) is 4.24. The molecule has 2 aromatic rings. The summed E-state index contributed by atoms with van der Waals surface area (Å²) in [5.41, 5.74) is 0.752. The van der Waals surface area contributed by atoms with Crippen molar-refractivity contribution in [1.29, 1.82) is 0 Å². The van der Waals surface area contributed by atoms with Gasteiger partial charge in [0.2, 0.25) is 5.28 Å². The summed E-state index contributed by atoms with van der Waals surface area (Å²) in [7, 11) is 1.34. The van der Waals surface area contributed by atoms with Crippen molar-refractivity contribution in [3.05, 3.63) is 15.7 Å². The molecule has 0 spiro atoms. The highest BCUT2D eigenvalue weighted by Gasteiger charge is 2.20. The lowest BCUT2D eigenvalue weighted by atomic mass is 10.2. The Labute approximate surface area is 136 Å². The quantitative estimate of drug-likeness (QED) is 0.449. The number of halogens is 1. The maximum absolute atomic E-state index is 11.8. The van der Waals surface area contributed by atoms with Crippen molar-refractivity contribution >= 4 is 44.9 Å². The number of hydrogen-bond donors (Lipinski definition) is 2. The smallest absolute Gasteiger partial charge is 0.348 e. The number of methoxy groups -OCH3 is 1. The minimum atomic E-state index is -0.408. The van der Waals surface area contributed by atoms with Gasteiger partial charge in [-0.15, -0.1) is 11.3 Å². The van der Waals surface area contributed by atoms with Crippen molar-refractivity contribution < 1.29 is 19.4 Å². The summed E-state index contributed by atoms with van der Waals surface area (Å²) in [5, 5.41) is 12.6. The van der Waals surface area contributed by atoms with Gasteiger partial charge in [0.25, 0.3) is 0 Å². The van der Waals surface area contributed by atoms with Gasteiger partial charge in [0.15, 0.2) is 0 Å². The Morgan fingerprint density at radius 3 is 2.86 bits per heavy atom. The van der Waals surface area contributed by atoms with Crippen LogP contribution in [0.25, 0.3) is 10.2 Å². The van der Waals surface area contributed by atoms with Gasteiger partial charge in [-0.25, -0.2) is 14.8 Å². The first-order valence-electron chi connectivity index (χ1n) is 6.56. The van der Waals surface area contributed by atoms with Crippen molar-refractivity contribution in [2.45, 2.75) is 6.92 Å². The summed E-state index contributed by atoms with van der Waals surface area (Å²) in [4.78, 5) is 21.2. The predicted octanol–water partition coefficient (Wildman–Crippen LogP) is 1.86. The van der Waals surface area contributed by atoms with E-state index in [1.165, 1.54) is 18.4 Å². The molecule has 0 fully saturated rings. The average molecular weight is 346 g/mol. The summed E-state index contributed by atoms with van der Waals surface area (Å²) < 4.78 is 9.95. The molecule has 0 aliphatic heterocycles. The molecule has 0 aromatic carbocycles. The average Bonchev–Trinajstić information content (AvgIpc) is 2.83. The largest absolute Gasteiger partial charge is 0.465 e. The summed E-state index contributed by atoms with van der Waals surface area (Å²) in [6.07, 6.45) is 0. The van der Waals surface area contributed by atoms with E-state index in [0.29, 0.717) is 28.7 Å².